The predicted octanol–water partition coefficient (Wildman–Crippen LogP) is 3.78. The Morgan fingerprint density at radius 1 is 1.32 bits per heavy atom. The molecule has 1 aromatic heterocycles. The van der Waals surface area contributed by atoms with Gasteiger partial charge in [0.1, 0.15) is 0 Å². The Bertz CT molecular complexity index is 581. The van der Waals surface area contributed by atoms with Crippen LogP contribution in [0.2, 0.25) is 0 Å². The van der Waals surface area contributed by atoms with Gasteiger partial charge in [0, 0.05) is 16.3 Å². The van der Waals surface area contributed by atoms with Gasteiger partial charge in [0.2, 0.25) is 5.91 Å². The Hall–Kier alpha value is -1.30. The second-order valence-corrected chi connectivity index (χ2v) is 7.18. The van der Waals surface area contributed by atoms with Crippen molar-refractivity contribution in [2.75, 3.05) is 19.8 Å². The molecule has 5 heteroatoms. The molecule has 1 atom stereocenters. The summed E-state index contributed by atoms with van der Waals surface area (Å²) in [7, 11) is 1.97. The highest BCUT2D eigenvalue weighted by Crippen LogP contribution is 2.18. The monoisotopic (exact) mass is 334 g/mol. The number of rotatable bonds is 7. The van der Waals surface area contributed by atoms with Crippen LogP contribution in [0.1, 0.15) is 23.4 Å². The number of thioether (sulfide) groups is 1. The second kappa shape index (κ2) is 8.36. The minimum Gasteiger partial charge on any atom is -0.348 e. The molecular formula is C17H22N2OS2. The molecule has 22 heavy (non-hydrogen) atoms. The van der Waals surface area contributed by atoms with Crippen LogP contribution in [-0.2, 0) is 11.3 Å². The first-order chi connectivity index (χ1) is 10.6. The zero-order chi connectivity index (χ0) is 15.9. The summed E-state index contributed by atoms with van der Waals surface area (Å²) >= 11 is 3.40. The molecule has 1 amide bonds. The minimum atomic E-state index is 0.0594. The van der Waals surface area contributed by atoms with Crippen LogP contribution >= 0.6 is 23.1 Å². The number of nitrogens with zero attached hydrogens (tertiary/aromatic N) is 1. The number of carbonyl (C=O) groups is 1. The summed E-state index contributed by atoms with van der Waals surface area (Å²) in [5.41, 5.74) is 1.22. The highest BCUT2D eigenvalue weighted by atomic mass is 32.2. The third-order valence-corrected chi connectivity index (χ3v) is 5.17. The molecule has 0 fully saturated rings. The molecule has 1 heterocycles. The average molecular weight is 335 g/mol. The third-order valence-electron chi connectivity index (χ3n) is 3.37. The molecule has 118 valence electrons. The van der Waals surface area contributed by atoms with Crippen LogP contribution in [0.3, 0.4) is 0 Å². The van der Waals surface area contributed by atoms with E-state index in [1.165, 1.54) is 15.3 Å². The molecular weight excluding hydrogens is 312 g/mol. The fraction of sp³-hybridized carbons (Fsp3) is 0.353. The van der Waals surface area contributed by atoms with Gasteiger partial charge in [0.15, 0.2) is 0 Å². The number of carbonyl (C=O) groups excluding carboxylic acids is 1. The van der Waals surface area contributed by atoms with E-state index in [-0.39, 0.29) is 11.9 Å². The number of benzene rings is 1. The molecule has 0 bridgehead atoms. The molecule has 1 aromatic carbocycles. The van der Waals surface area contributed by atoms with E-state index in [1.54, 1.807) is 23.1 Å². The van der Waals surface area contributed by atoms with Crippen molar-refractivity contribution in [3.8, 4) is 0 Å². The summed E-state index contributed by atoms with van der Waals surface area (Å²) < 4.78 is 0. The van der Waals surface area contributed by atoms with Gasteiger partial charge in [-0.3, -0.25) is 9.69 Å². The van der Waals surface area contributed by atoms with E-state index in [0.717, 1.165) is 6.54 Å². The van der Waals surface area contributed by atoms with E-state index in [1.807, 2.05) is 36.4 Å². The van der Waals surface area contributed by atoms with Crippen molar-refractivity contribution in [3.63, 3.8) is 0 Å². The zero-order valence-corrected chi connectivity index (χ0v) is 14.8. The molecule has 0 aliphatic rings. The molecule has 0 spiro atoms. The maximum atomic E-state index is 12.1. The van der Waals surface area contributed by atoms with Crippen LogP contribution in [0.5, 0.6) is 0 Å². The molecule has 2 aromatic rings. The van der Waals surface area contributed by atoms with E-state index < -0.39 is 0 Å². The van der Waals surface area contributed by atoms with E-state index in [0.29, 0.717) is 6.54 Å². The van der Waals surface area contributed by atoms with Crippen molar-refractivity contribution in [3.05, 3.63) is 52.2 Å². The molecule has 2 rings (SSSR count). The molecule has 3 nitrogen and oxygen atoms in total. The average Bonchev–Trinajstić information content (AvgIpc) is 3.02. The highest BCUT2D eigenvalue weighted by molar-refractivity contribution is 7.98. The fourth-order valence-electron chi connectivity index (χ4n) is 2.24. The first-order valence-electron chi connectivity index (χ1n) is 7.22. The van der Waals surface area contributed by atoms with Crippen molar-refractivity contribution in [2.24, 2.45) is 0 Å². The Balaban J connectivity index is 1.80. The predicted molar refractivity (Wildman–Crippen MR) is 95.4 cm³/mol. The maximum absolute atomic E-state index is 12.1. The summed E-state index contributed by atoms with van der Waals surface area (Å²) in [5.74, 6) is 0.0594. The summed E-state index contributed by atoms with van der Waals surface area (Å²) in [6.45, 7) is 3.19. The number of hydrogen-bond donors (Lipinski definition) is 1. The lowest BCUT2D eigenvalue weighted by molar-refractivity contribution is -0.122. The van der Waals surface area contributed by atoms with Crippen molar-refractivity contribution >= 4 is 29.0 Å². The Morgan fingerprint density at radius 3 is 2.64 bits per heavy atom. The van der Waals surface area contributed by atoms with Crippen molar-refractivity contribution in [2.45, 2.75) is 24.4 Å². The number of likely N-dealkylation sites (N-methyl/N-ethyl adjacent to an activating group) is 1. The summed E-state index contributed by atoms with van der Waals surface area (Å²) in [6, 6.07) is 12.6. The van der Waals surface area contributed by atoms with Gasteiger partial charge in [-0.2, -0.15) is 0 Å². The van der Waals surface area contributed by atoms with Gasteiger partial charge in [-0.05, 0) is 49.4 Å². The smallest absolute Gasteiger partial charge is 0.234 e. The molecule has 0 saturated heterocycles. The fourth-order valence-corrected chi connectivity index (χ4v) is 3.38. The van der Waals surface area contributed by atoms with Gasteiger partial charge in [-0.1, -0.05) is 18.2 Å². The molecule has 0 unspecified atom stereocenters. The van der Waals surface area contributed by atoms with Crippen molar-refractivity contribution in [1.82, 2.24) is 10.2 Å². The van der Waals surface area contributed by atoms with Crippen molar-refractivity contribution < 1.29 is 4.79 Å². The van der Waals surface area contributed by atoms with Crippen LogP contribution in [0.4, 0.5) is 0 Å². The minimum absolute atomic E-state index is 0.0594. The third kappa shape index (κ3) is 5.16. The number of thiophene rings is 1. The Morgan fingerprint density at radius 2 is 2.05 bits per heavy atom. The van der Waals surface area contributed by atoms with Gasteiger partial charge in [0.05, 0.1) is 12.6 Å². The number of nitrogens with one attached hydrogen (secondary N) is 1. The van der Waals surface area contributed by atoms with Gasteiger partial charge < -0.3 is 5.32 Å². The lowest BCUT2D eigenvalue weighted by atomic mass is 10.2. The molecule has 0 radical (unpaired) electrons. The van der Waals surface area contributed by atoms with Gasteiger partial charge in [-0.15, -0.1) is 23.1 Å². The van der Waals surface area contributed by atoms with Crippen LogP contribution in [0.15, 0.2) is 46.7 Å². The van der Waals surface area contributed by atoms with Crippen LogP contribution < -0.4 is 5.32 Å². The molecule has 0 aliphatic heterocycles. The lowest BCUT2D eigenvalue weighted by Gasteiger charge is -2.18. The van der Waals surface area contributed by atoms with E-state index in [2.05, 4.69) is 35.8 Å². The summed E-state index contributed by atoms with van der Waals surface area (Å²) in [4.78, 5) is 16.6. The Labute approximate surface area is 140 Å². The number of amides is 1. The standard InChI is InChI=1S/C17H22N2OS2/c1-13(16-5-4-10-22-16)18-17(20)12-19(2)11-14-6-8-15(21-3)9-7-14/h4-10,13H,11-12H2,1-3H3,(H,18,20)/t13-/m1/s1. The lowest BCUT2D eigenvalue weighted by Crippen LogP contribution is -2.36. The van der Waals surface area contributed by atoms with E-state index in [4.69, 9.17) is 0 Å². The molecule has 0 saturated carbocycles. The normalized spacial score (nSPS) is 12.4. The largest absolute Gasteiger partial charge is 0.348 e. The van der Waals surface area contributed by atoms with Crippen molar-refractivity contribution in [1.29, 1.82) is 0 Å². The van der Waals surface area contributed by atoms with Gasteiger partial charge >= 0.3 is 0 Å². The summed E-state index contributed by atoms with van der Waals surface area (Å²) in [6.07, 6.45) is 2.07. The SMILES string of the molecule is CSc1ccc(CN(C)CC(=O)N[C@H](C)c2cccs2)cc1. The molecule has 1 N–H and O–H groups in total. The van der Waals surface area contributed by atoms with Crippen LogP contribution in [0.25, 0.3) is 0 Å². The quantitative estimate of drug-likeness (QED) is 0.782. The molecule has 0 aliphatic carbocycles. The van der Waals surface area contributed by atoms with Gasteiger partial charge in [-0.25, -0.2) is 0 Å². The van der Waals surface area contributed by atoms with E-state index in [9.17, 15) is 4.79 Å². The van der Waals surface area contributed by atoms with Gasteiger partial charge in [0.25, 0.3) is 0 Å². The van der Waals surface area contributed by atoms with Crippen LogP contribution in [0, 0.1) is 0 Å². The first-order valence-corrected chi connectivity index (χ1v) is 9.33. The zero-order valence-electron chi connectivity index (χ0n) is 13.2. The Kier molecular flexibility index (Phi) is 6.49. The highest BCUT2D eigenvalue weighted by Gasteiger charge is 2.12. The number of hydrogen-bond acceptors (Lipinski definition) is 4. The maximum Gasteiger partial charge on any atom is 0.234 e. The summed E-state index contributed by atoms with van der Waals surface area (Å²) in [5, 5.41) is 5.07. The topological polar surface area (TPSA) is 32.3 Å². The van der Waals surface area contributed by atoms with E-state index >= 15 is 0 Å². The second-order valence-electron chi connectivity index (χ2n) is 5.32. The van der Waals surface area contributed by atoms with Crippen LogP contribution in [-0.4, -0.2) is 30.7 Å². The first kappa shape index (κ1) is 17.1.